The summed E-state index contributed by atoms with van der Waals surface area (Å²) in [6.45, 7) is 2.70. The minimum absolute atomic E-state index is 0.232. The third kappa shape index (κ3) is 4.45. The third-order valence-electron chi connectivity index (χ3n) is 3.36. The molecule has 0 bridgehead atoms. The molecule has 0 radical (unpaired) electrons. The van der Waals surface area contributed by atoms with E-state index in [1.54, 1.807) is 43.5 Å². The van der Waals surface area contributed by atoms with Crippen LogP contribution in [0, 0.1) is 5.82 Å². The van der Waals surface area contributed by atoms with Crippen molar-refractivity contribution in [2.45, 2.75) is 13.3 Å². The second kappa shape index (κ2) is 8.17. The van der Waals surface area contributed by atoms with Gasteiger partial charge >= 0.3 is 0 Å². The van der Waals surface area contributed by atoms with Crippen LogP contribution in [-0.4, -0.2) is 26.2 Å². The van der Waals surface area contributed by atoms with E-state index in [4.69, 9.17) is 9.47 Å². The summed E-state index contributed by atoms with van der Waals surface area (Å²) in [6, 6.07) is 11.5. The van der Waals surface area contributed by atoms with Crippen LogP contribution in [0.4, 0.5) is 4.39 Å². The molecule has 0 saturated heterocycles. The Kier molecular flexibility index (Phi) is 5.97. The Morgan fingerprint density at radius 1 is 1.17 bits per heavy atom. The van der Waals surface area contributed by atoms with E-state index in [1.165, 1.54) is 6.07 Å². The number of benzene rings is 2. The maximum atomic E-state index is 13.5. The Balaban J connectivity index is 1.98. The minimum Gasteiger partial charge on any atom is -0.493 e. The lowest BCUT2D eigenvalue weighted by Crippen LogP contribution is -2.25. The van der Waals surface area contributed by atoms with Crippen molar-refractivity contribution < 1.29 is 18.7 Å². The molecule has 0 fully saturated rings. The van der Waals surface area contributed by atoms with Crippen molar-refractivity contribution in [3.05, 3.63) is 59.4 Å². The first-order valence-electron chi connectivity index (χ1n) is 7.48. The van der Waals surface area contributed by atoms with E-state index in [0.717, 1.165) is 0 Å². The number of rotatable bonds is 7. The third-order valence-corrected chi connectivity index (χ3v) is 3.36. The monoisotopic (exact) mass is 317 g/mol. The number of halogens is 1. The van der Waals surface area contributed by atoms with Gasteiger partial charge in [0, 0.05) is 12.1 Å². The largest absolute Gasteiger partial charge is 0.493 e. The molecule has 2 aromatic rings. The summed E-state index contributed by atoms with van der Waals surface area (Å²) in [5.41, 5.74) is 1.06. The molecule has 0 saturated carbocycles. The average molecular weight is 317 g/mol. The fourth-order valence-corrected chi connectivity index (χ4v) is 2.20. The topological polar surface area (TPSA) is 47.6 Å². The van der Waals surface area contributed by atoms with Gasteiger partial charge in [-0.15, -0.1) is 0 Å². The van der Waals surface area contributed by atoms with E-state index >= 15 is 0 Å². The smallest absolute Gasteiger partial charge is 0.251 e. The normalized spacial score (nSPS) is 10.2. The van der Waals surface area contributed by atoms with E-state index in [-0.39, 0.29) is 11.7 Å². The van der Waals surface area contributed by atoms with Gasteiger partial charge in [-0.25, -0.2) is 4.39 Å². The highest BCUT2D eigenvalue weighted by Crippen LogP contribution is 2.27. The fourth-order valence-electron chi connectivity index (χ4n) is 2.20. The van der Waals surface area contributed by atoms with Crippen LogP contribution in [-0.2, 0) is 6.42 Å². The van der Waals surface area contributed by atoms with Crippen molar-refractivity contribution in [2.24, 2.45) is 0 Å². The average Bonchev–Trinajstić information content (AvgIpc) is 2.56. The maximum absolute atomic E-state index is 13.5. The van der Waals surface area contributed by atoms with Gasteiger partial charge in [-0.2, -0.15) is 0 Å². The molecule has 0 aromatic heterocycles. The zero-order valence-corrected chi connectivity index (χ0v) is 13.3. The van der Waals surface area contributed by atoms with E-state index in [2.05, 4.69) is 5.32 Å². The second-order valence-electron chi connectivity index (χ2n) is 4.90. The highest BCUT2D eigenvalue weighted by atomic mass is 19.1. The van der Waals surface area contributed by atoms with Crippen LogP contribution in [0.25, 0.3) is 0 Å². The van der Waals surface area contributed by atoms with Crippen LogP contribution in [0.2, 0.25) is 0 Å². The summed E-state index contributed by atoms with van der Waals surface area (Å²) in [4.78, 5) is 12.2. The molecule has 0 spiro atoms. The van der Waals surface area contributed by atoms with E-state index in [1.807, 2.05) is 6.92 Å². The number of ether oxygens (including phenoxy) is 2. The zero-order chi connectivity index (χ0) is 16.7. The quantitative estimate of drug-likeness (QED) is 0.853. The van der Waals surface area contributed by atoms with Crippen LogP contribution >= 0.6 is 0 Å². The van der Waals surface area contributed by atoms with Crippen molar-refractivity contribution in [3.8, 4) is 11.5 Å². The molecule has 122 valence electrons. The van der Waals surface area contributed by atoms with Crippen molar-refractivity contribution in [1.82, 2.24) is 5.32 Å². The minimum atomic E-state index is -0.259. The summed E-state index contributed by atoms with van der Waals surface area (Å²) in [6.07, 6.45) is 0.437. The SMILES string of the molecule is CCOc1cc(C(=O)NCCc2ccccc2F)ccc1OC. The van der Waals surface area contributed by atoms with Crippen LogP contribution in [0.15, 0.2) is 42.5 Å². The lowest BCUT2D eigenvalue weighted by atomic mass is 10.1. The van der Waals surface area contributed by atoms with E-state index in [9.17, 15) is 9.18 Å². The Morgan fingerprint density at radius 3 is 2.65 bits per heavy atom. The highest BCUT2D eigenvalue weighted by Gasteiger charge is 2.11. The van der Waals surface area contributed by atoms with Crippen LogP contribution in [0.5, 0.6) is 11.5 Å². The number of carbonyl (C=O) groups excluding carboxylic acids is 1. The number of hydrogen-bond donors (Lipinski definition) is 1. The molecule has 0 aliphatic carbocycles. The number of carbonyl (C=O) groups is 1. The first-order valence-corrected chi connectivity index (χ1v) is 7.48. The molecule has 0 unspecified atom stereocenters. The molecule has 4 nitrogen and oxygen atoms in total. The standard InChI is InChI=1S/C18H20FNO3/c1-3-23-17-12-14(8-9-16(17)22-2)18(21)20-11-10-13-6-4-5-7-15(13)19/h4-9,12H,3,10-11H2,1-2H3,(H,20,21). The van der Waals surface area contributed by atoms with Crippen molar-refractivity contribution in [2.75, 3.05) is 20.3 Å². The maximum Gasteiger partial charge on any atom is 0.251 e. The predicted molar refractivity (Wildman–Crippen MR) is 86.6 cm³/mol. The van der Waals surface area contributed by atoms with Gasteiger partial charge in [-0.05, 0) is 43.2 Å². The summed E-state index contributed by atoms with van der Waals surface area (Å²) >= 11 is 0. The van der Waals surface area contributed by atoms with Gasteiger partial charge in [0.05, 0.1) is 13.7 Å². The summed E-state index contributed by atoms with van der Waals surface area (Å²) in [7, 11) is 1.55. The Labute approximate surface area is 135 Å². The van der Waals surface area contributed by atoms with Gasteiger partial charge in [0.1, 0.15) is 5.82 Å². The lowest BCUT2D eigenvalue weighted by Gasteiger charge is -2.11. The molecule has 1 amide bonds. The highest BCUT2D eigenvalue weighted by molar-refractivity contribution is 5.94. The zero-order valence-electron chi connectivity index (χ0n) is 13.3. The molecule has 2 aromatic carbocycles. The molecule has 5 heteroatoms. The number of methoxy groups -OCH3 is 1. The molecule has 0 aliphatic rings. The Bertz CT molecular complexity index is 673. The predicted octanol–water partition coefficient (Wildman–Crippen LogP) is 3.21. The number of nitrogens with one attached hydrogen (secondary N) is 1. The first kappa shape index (κ1) is 16.8. The van der Waals surface area contributed by atoms with Crippen molar-refractivity contribution in [3.63, 3.8) is 0 Å². The number of amides is 1. The molecule has 0 heterocycles. The molecule has 0 aliphatic heterocycles. The van der Waals surface area contributed by atoms with Crippen LogP contribution in [0.1, 0.15) is 22.8 Å². The Hall–Kier alpha value is -2.56. The van der Waals surface area contributed by atoms with Gasteiger partial charge in [0.2, 0.25) is 0 Å². The molecule has 1 N–H and O–H groups in total. The molecule has 0 atom stereocenters. The van der Waals surface area contributed by atoms with Gasteiger partial charge < -0.3 is 14.8 Å². The molecule has 2 rings (SSSR count). The Morgan fingerprint density at radius 2 is 1.96 bits per heavy atom. The molecular weight excluding hydrogens is 297 g/mol. The fraction of sp³-hybridized carbons (Fsp3) is 0.278. The molecular formula is C18H20FNO3. The summed E-state index contributed by atoms with van der Waals surface area (Å²) in [5, 5.41) is 2.78. The molecule has 23 heavy (non-hydrogen) atoms. The van der Waals surface area contributed by atoms with Gasteiger partial charge in [-0.1, -0.05) is 18.2 Å². The first-order chi connectivity index (χ1) is 11.2. The van der Waals surface area contributed by atoms with Crippen LogP contribution in [0.3, 0.4) is 0 Å². The van der Waals surface area contributed by atoms with Gasteiger partial charge in [0.25, 0.3) is 5.91 Å². The van der Waals surface area contributed by atoms with Crippen LogP contribution < -0.4 is 14.8 Å². The second-order valence-corrected chi connectivity index (χ2v) is 4.90. The summed E-state index contributed by atoms with van der Waals surface area (Å²) in [5.74, 6) is 0.612. The van der Waals surface area contributed by atoms with Gasteiger partial charge in [0.15, 0.2) is 11.5 Å². The van der Waals surface area contributed by atoms with Crippen molar-refractivity contribution in [1.29, 1.82) is 0 Å². The van der Waals surface area contributed by atoms with Crippen molar-refractivity contribution >= 4 is 5.91 Å². The summed E-state index contributed by atoms with van der Waals surface area (Å²) < 4.78 is 24.2. The number of hydrogen-bond acceptors (Lipinski definition) is 3. The lowest BCUT2D eigenvalue weighted by molar-refractivity contribution is 0.0953. The van der Waals surface area contributed by atoms with Gasteiger partial charge in [-0.3, -0.25) is 4.79 Å². The van der Waals surface area contributed by atoms with E-state index < -0.39 is 0 Å². The van der Waals surface area contributed by atoms with E-state index in [0.29, 0.717) is 42.2 Å².